The molecule has 10 rings (SSSR count). The van der Waals surface area contributed by atoms with Crippen LogP contribution in [0.5, 0.6) is 0 Å². The first-order valence-corrected chi connectivity index (χ1v) is 30.1. The average Bonchev–Trinajstić information content (AvgIpc) is 3.50. The third-order valence-corrected chi connectivity index (χ3v) is 12.5. The highest BCUT2D eigenvalue weighted by Crippen LogP contribution is 2.17. The van der Waals surface area contributed by atoms with E-state index in [0.29, 0.717) is 0 Å². The molecule has 10 aromatic rings. The SMILES string of the molecule is CCCCCCc1ccc(C)c(CCCCCC)c1.Cc1ccccc1.Cc1ccccc1.Cc1ccccc1.Cc1ccccc1.Cc1ccccc1.Cc1ccccc1.Cc1ccccc1.Cc1ccccc1.Cc1ccccc1. The quantitative estimate of drug-likeness (QED) is 0.120. The van der Waals surface area contributed by atoms with Crippen LogP contribution in [0, 0.1) is 69.2 Å². The second-order valence-corrected chi connectivity index (χ2v) is 20.8. The van der Waals surface area contributed by atoms with Gasteiger partial charge in [0, 0.05) is 0 Å². The standard InChI is InChI=1S/C19H32.9C7H8/c1-4-6-8-10-12-18-15-14-17(3)19(16-18)13-11-9-7-5-2;9*1-7-5-3-2-4-6-7/h14-16H,4-13H2,1-3H3;9*2-6H,1H3. The van der Waals surface area contributed by atoms with E-state index in [1.807, 2.05) is 164 Å². The molecule has 0 heteroatoms. The van der Waals surface area contributed by atoms with Crippen molar-refractivity contribution in [2.24, 2.45) is 0 Å². The highest BCUT2D eigenvalue weighted by Gasteiger charge is 2.01. The minimum atomic E-state index is 1.27. The summed E-state index contributed by atoms with van der Waals surface area (Å²) in [6.07, 6.45) is 13.4. The van der Waals surface area contributed by atoms with Crippen molar-refractivity contribution in [2.75, 3.05) is 0 Å². The highest BCUT2D eigenvalue weighted by atomic mass is 14.1. The topological polar surface area (TPSA) is 0 Å². The lowest BCUT2D eigenvalue weighted by atomic mass is 9.97. The first-order chi connectivity index (χ1) is 39.8. The Morgan fingerprint density at radius 1 is 0.195 bits per heavy atom. The maximum Gasteiger partial charge on any atom is -0.0276 e. The molecule has 0 aliphatic rings. The van der Waals surface area contributed by atoms with Crippen molar-refractivity contribution < 1.29 is 0 Å². The summed E-state index contributed by atoms with van der Waals surface area (Å²) in [6, 6.07) is 99.5. The Labute approximate surface area is 502 Å². The van der Waals surface area contributed by atoms with Crippen molar-refractivity contribution >= 4 is 0 Å². The zero-order valence-electron chi connectivity index (χ0n) is 52.8. The number of hydrogen-bond donors (Lipinski definition) is 0. The van der Waals surface area contributed by atoms with E-state index in [2.05, 4.69) is 210 Å². The fourth-order valence-corrected chi connectivity index (χ4v) is 7.46. The molecule has 0 heterocycles. The summed E-state index contributed by atoms with van der Waals surface area (Å²) >= 11 is 0. The molecule has 432 valence electrons. The number of unbranched alkanes of at least 4 members (excludes halogenated alkanes) is 6. The number of benzene rings is 10. The highest BCUT2D eigenvalue weighted by molar-refractivity contribution is 5.31. The Hall–Kier alpha value is -7.80. The zero-order chi connectivity index (χ0) is 59.9. The van der Waals surface area contributed by atoms with E-state index in [4.69, 9.17) is 0 Å². The second-order valence-electron chi connectivity index (χ2n) is 20.8. The fourth-order valence-electron chi connectivity index (χ4n) is 7.46. The molecule has 0 fully saturated rings. The summed E-state index contributed by atoms with van der Waals surface area (Å²) in [6.45, 7) is 25.6. The van der Waals surface area contributed by atoms with Crippen LogP contribution >= 0.6 is 0 Å². The monoisotopic (exact) mass is 1090 g/mol. The Bertz CT molecular complexity index is 2310. The van der Waals surface area contributed by atoms with Crippen LogP contribution in [0.4, 0.5) is 0 Å². The van der Waals surface area contributed by atoms with Gasteiger partial charge < -0.3 is 0 Å². The molecule has 0 N–H and O–H groups in total. The summed E-state index contributed by atoms with van der Waals surface area (Å²) in [5.74, 6) is 0. The van der Waals surface area contributed by atoms with Crippen LogP contribution in [0.1, 0.15) is 132 Å². The zero-order valence-corrected chi connectivity index (χ0v) is 52.8. The van der Waals surface area contributed by atoms with Crippen LogP contribution in [0.2, 0.25) is 0 Å². The van der Waals surface area contributed by atoms with Gasteiger partial charge in [0.25, 0.3) is 0 Å². The maximum atomic E-state index is 2.47. The van der Waals surface area contributed by atoms with E-state index < -0.39 is 0 Å². The molecular formula is C82H104. The van der Waals surface area contributed by atoms with Crippen LogP contribution < -0.4 is 0 Å². The van der Waals surface area contributed by atoms with Crippen LogP contribution in [0.25, 0.3) is 0 Å². The maximum absolute atomic E-state index is 2.47. The van der Waals surface area contributed by atoms with Crippen molar-refractivity contribution in [3.05, 3.63) is 358 Å². The molecule has 82 heavy (non-hydrogen) atoms. The van der Waals surface area contributed by atoms with Gasteiger partial charge >= 0.3 is 0 Å². The Kier molecular flexibility index (Phi) is 45.2. The van der Waals surface area contributed by atoms with Gasteiger partial charge in [0.2, 0.25) is 0 Å². The minimum Gasteiger partial charge on any atom is -0.0654 e. The second kappa shape index (κ2) is 51.4. The van der Waals surface area contributed by atoms with Crippen molar-refractivity contribution in [3.63, 3.8) is 0 Å². The summed E-state index contributed by atoms with van der Waals surface area (Å²) in [5.41, 5.74) is 16.5. The van der Waals surface area contributed by atoms with Crippen molar-refractivity contribution in [3.8, 4) is 0 Å². The van der Waals surface area contributed by atoms with Gasteiger partial charge in [0.15, 0.2) is 0 Å². The molecule has 0 spiro atoms. The van der Waals surface area contributed by atoms with Crippen molar-refractivity contribution in [1.29, 1.82) is 0 Å². The lowest BCUT2D eigenvalue weighted by Gasteiger charge is -2.09. The Balaban J connectivity index is 0.000000468. The molecule has 10 aromatic carbocycles. The Morgan fingerprint density at radius 3 is 0.561 bits per heavy atom. The van der Waals surface area contributed by atoms with E-state index in [-0.39, 0.29) is 0 Å². The first kappa shape index (κ1) is 72.2. The average molecular weight is 1090 g/mol. The number of aryl methyl sites for hydroxylation is 12. The molecule has 0 amide bonds. The molecule has 0 unspecified atom stereocenters. The molecule has 0 atom stereocenters. The summed E-state index contributed by atoms with van der Waals surface area (Å²) < 4.78 is 0. The molecule has 0 bridgehead atoms. The van der Waals surface area contributed by atoms with E-state index in [9.17, 15) is 0 Å². The fraction of sp³-hybridized carbons (Fsp3) is 0.268. The number of rotatable bonds is 10. The number of hydrogen-bond acceptors (Lipinski definition) is 0. The predicted octanol–water partition coefficient (Wildman–Crippen LogP) is 24.2. The predicted molar refractivity (Wildman–Crippen MR) is 367 cm³/mol. The van der Waals surface area contributed by atoms with E-state index >= 15 is 0 Å². The van der Waals surface area contributed by atoms with Gasteiger partial charge in [-0.25, -0.2) is 0 Å². The lowest BCUT2D eigenvalue weighted by molar-refractivity contribution is 0.660. The largest absolute Gasteiger partial charge is 0.0654 e. The third kappa shape index (κ3) is 46.0. The molecule has 0 aliphatic carbocycles. The van der Waals surface area contributed by atoms with E-state index in [1.165, 1.54) is 120 Å². The molecule has 0 nitrogen and oxygen atoms in total. The molecular weight excluding hydrogens is 985 g/mol. The van der Waals surface area contributed by atoms with Crippen LogP contribution in [-0.4, -0.2) is 0 Å². The summed E-state index contributed by atoms with van der Waals surface area (Å²) in [7, 11) is 0. The van der Waals surface area contributed by atoms with Crippen molar-refractivity contribution in [2.45, 2.75) is 147 Å². The summed E-state index contributed by atoms with van der Waals surface area (Å²) in [4.78, 5) is 0. The first-order valence-electron chi connectivity index (χ1n) is 30.1. The third-order valence-electron chi connectivity index (χ3n) is 12.5. The molecule has 0 aliphatic heterocycles. The smallest absolute Gasteiger partial charge is 0.0276 e. The van der Waals surface area contributed by atoms with Gasteiger partial charge in [-0.15, -0.1) is 0 Å². The molecule has 0 radical (unpaired) electrons. The van der Waals surface area contributed by atoms with Crippen LogP contribution in [0.15, 0.2) is 291 Å². The van der Waals surface area contributed by atoms with Gasteiger partial charge in [0.1, 0.15) is 0 Å². The van der Waals surface area contributed by atoms with Gasteiger partial charge in [-0.05, 0) is 112 Å². The van der Waals surface area contributed by atoms with Gasteiger partial charge in [-0.3, -0.25) is 0 Å². The molecule has 0 aromatic heterocycles. The van der Waals surface area contributed by atoms with Crippen LogP contribution in [0.3, 0.4) is 0 Å². The van der Waals surface area contributed by atoms with E-state index in [0.717, 1.165) is 0 Å². The van der Waals surface area contributed by atoms with Gasteiger partial charge in [0.05, 0.1) is 0 Å². The van der Waals surface area contributed by atoms with Crippen molar-refractivity contribution in [1.82, 2.24) is 0 Å². The molecule has 0 saturated carbocycles. The lowest BCUT2D eigenvalue weighted by Crippen LogP contribution is -1.94. The van der Waals surface area contributed by atoms with E-state index in [1.54, 1.807) is 11.1 Å². The van der Waals surface area contributed by atoms with Crippen LogP contribution in [-0.2, 0) is 12.8 Å². The minimum absolute atomic E-state index is 1.27. The van der Waals surface area contributed by atoms with Gasteiger partial charge in [-0.2, -0.15) is 0 Å². The molecule has 0 saturated heterocycles. The summed E-state index contributed by atoms with van der Waals surface area (Å²) in [5, 5.41) is 0. The normalized spacial score (nSPS) is 9.22. The van der Waals surface area contributed by atoms with Gasteiger partial charge in [-0.1, -0.05) is 394 Å². The Morgan fingerprint density at radius 2 is 0.390 bits per heavy atom.